The smallest absolute Gasteiger partial charge is 0.244 e. The molecule has 0 saturated heterocycles. The first-order chi connectivity index (χ1) is 11.1. The second kappa shape index (κ2) is 6.34. The Morgan fingerprint density at radius 1 is 1.13 bits per heavy atom. The van der Waals surface area contributed by atoms with E-state index in [9.17, 15) is 14.0 Å². The van der Waals surface area contributed by atoms with Crippen LogP contribution in [0.25, 0.3) is 10.9 Å². The normalized spacial score (nSPS) is 10.7. The molecule has 0 atom stereocenters. The Balaban J connectivity index is 1.93. The number of hydrogen-bond acceptors (Lipinski definition) is 2. The minimum atomic E-state index is -0.533. The fourth-order valence-corrected chi connectivity index (χ4v) is 2.75. The zero-order valence-electron chi connectivity index (χ0n) is 11.9. The topological polar surface area (TPSA) is 51.1 Å². The number of halogens is 2. The van der Waals surface area contributed by atoms with Gasteiger partial charge in [0.15, 0.2) is 5.43 Å². The predicted octanol–water partition coefficient (Wildman–Crippen LogP) is 3.54. The number of para-hydroxylation sites is 2. The summed E-state index contributed by atoms with van der Waals surface area (Å²) in [5, 5.41) is 3.00. The first-order valence-electron chi connectivity index (χ1n) is 6.88. The number of anilines is 1. The zero-order chi connectivity index (χ0) is 16.4. The summed E-state index contributed by atoms with van der Waals surface area (Å²) >= 11 is 3.35. The van der Waals surface area contributed by atoms with Crippen molar-refractivity contribution in [3.63, 3.8) is 0 Å². The quantitative estimate of drug-likeness (QED) is 0.762. The maximum absolute atomic E-state index is 14.1. The van der Waals surface area contributed by atoms with Crippen LogP contribution in [-0.2, 0) is 11.3 Å². The lowest BCUT2D eigenvalue weighted by Crippen LogP contribution is -2.21. The van der Waals surface area contributed by atoms with Crippen molar-refractivity contribution in [1.82, 2.24) is 4.57 Å². The van der Waals surface area contributed by atoms with Crippen molar-refractivity contribution in [1.29, 1.82) is 0 Å². The second-order valence-electron chi connectivity index (χ2n) is 4.97. The summed E-state index contributed by atoms with van der Waals surface area (Å²) in [5.41, 5.74) is 0.479. The molecule has 116 valence electrons. The van der Waals surface area contributed by atoms with Crippen LogP contribution >= 0.6 is 15.9 Å². The molecule has 0 fully saturated rings. The summed E-state index contributed by atoms with van der Waals surface area (Å²) in [6, 6.07) is 12.8. The molecule has 23 heavy (non-hydrogen) atoms. The van der Waals surface area contributed by atoms with Gasteiger partial charge >= 0.3 is 0 Å². The standard InChI is InChI=1S/C17H12BrFN2O2/c18-12-5-1-2-7-14(12)20-16(23)10-21-9-8-15(22)11-4-3-6-13(19)17(11)21/h1-9H,10H2,(H,20,23). The third kappa shape index (κ3) is 3.17. The summed E-state index contributed by atoms with van der Waals surface area (Å²) in [6.07, 6.45) is 1.42. The highest BCUT2D eigenvalue weighted by atomic mass is 79.9. The van der Waals surface area contributed by atoms with Gasteiger partial charge in [0.1, 0.15) is 12.4 Å². The zero-order valence-corrected chi connectivity index (χ0v) is 13.5. The minimum absolute atomic E-state index is 0.0982. The van der Waals surface area contributed by atoms with E-state index in [-0.39, 0.29) is 28.8 Å². The van der Waals surface area contributed by atoms with E-state index in [1.807, 2.05) is 12.1 Å². The first kappa shape index (κ1) is 15.4. The number of hydrogen-bond donors (Lipinski definition) is 1. The monoisotopic (exact) mass is 374 g/mol. The molecule has 0 aliphatic carbocycles. The van der Waals surface area contributed by atoms with Gasteiger partial charge in [-0.1, -0.05) is 18.2 Å². The summed E-state index contributed by atoms with van der Waals surface area (Å²) in [4.78, 5) is 24.0. The van der Waals surface area contributed by atoms with E-state index in [0.717, 1.165) is 4.47 Å². The second-order valence-corrected chi connectivity index (χ2v) is 5.83. The number of aromatic nitrogens is 1. The largest absolute Gasteiger partial charge is 0.335 e. The van der Waals surface area contributed by atoms with Crippen molar-refractivity contribution in [2.45, 2.75) is 6.54 Å². The fraction of sp³-hybridized carbons (Fsp3) is 0.0588. The number of fused-ring (bicyclic) bond motifs is 1. The Morgan fingerprint density at radius 2 is 1.91 bits per heavy atom. The van der Waals surface area contributed by atoms with Crippen LogP contribution in [0.3, 0.4) is 0 Å². The summed E-state index contributed by atoms with van der Waals surface area (Å²) in [6.45, 7) is -0.0982. The molecule has 0 radical (unpaired) electrons. The lowest BCUT2D eigenvalue weighted by atomic mass is 10.2. The van der Waals surface area contributed by atoms with Crippen LogP contribution in [0, 0.1) is 5.82 Å². The van der Waals surface area contributed by atoms with Crippen LogP contribution < -0.4 is 10.7 Å². The van der Waals surface area contributed by atoms with Crippen LogP contribution in [0.1, 0.15) is 0 Å². The average Bonchev–Trinajstić information content (AvgIpc) is 2.53. The van der Waals surface area contributed by atoms with Crippen LogP contribution in [0.5, 0.6) is 0 Å². The highest BCUT2D eigenvalue weighted by Gasteiger charge is 2.11. The van der Waals surface area contributed by atoms with E-state index in [1.165, 1.54) is 29.0 Å². The Morgan fingerprint density at radius 3 is 2.70 bits per heavy atom. The highest BCUT2D eigenvalue weighted by molar-refractivity contribution is 9.10. The summed E-state index contributed by atoms with van der Waals surface area (Å²) in [7, 11) is 0. The molecule has 0 aliphatic rings. The number of nitrogens with zero attached hydrogens (tertiary/aromatic N) is 1. The van der Waals surface area contributed by atoms with Gasteiger partial charge in [-0.3, -0.25) is 9.59 Å². The SMILES string of the molecule is O=C(Cn1ccc(=O)c2cccc(F)c21)Nc1ccccc1Br. The van der Waals surface area contributed by atoms with Gasteiger partial charge in [-0.15, -0.1) is 0 Å². The number of benzene rings is 2. The van der Waals surface area contributed by atoms with E-state index in [0.29, 0.717) is 5.69 Å². The van der Waals surface area contributed by atoms with Gasteiger partial charge in [0.05, 0.1) is 11.2 Å². The van der Waals surface area contributed by atoms with Gasteiger partial charge in [0, 0.05) is 22.1 Å². The lowest BCUT2D eigenvalue weighted by Gasteiger charge is -2.12. The molecule has 0 bridgehead atoms. The van der Waals surface area contributed by atoms with E-state index < -0.39 is 5.82 Å². The van der Waals surface area contributed by atoms with Gasteiger partial charge in [-0.05, 0) is 40.2 Å². The van der Waals surface area contributed by atoms with Crippen LogP contribution in [0.15, 0.2) is 64.0 Å². The van der Waals surface area contributed by atoms with Gasteiger partial charge in [-0.25, -0.2) is 4.39 Å². The van der Waals surface area contributed by atoms with E-state index >= 15 is 0 Å². The van der Waals surface area contributed by atoms with Crippen molar-refractivity contribution >= 4 is 38.4 Å². The van der Waals surface area contributed by atoms with Crippen molar-refractivity contribution in [3.05, 3.63) is 75.2 Å². The van der Waals surface area contributed by atoms with Crippen LogP contribution in [0.2, 0.25) is 0 Å². The predicted molar refractivity (Wildman–Crippen MR) is 90.9 cm³/mol. The van der Waals surface area contributed by atoms with E-state index in [2.05, 4.69) is 21.2 Å². The molecule has 3 aromatic rings. The number of rotatable bonds is 3. The van der Waals surface area contributed by atoms with Gasteiger partial charge in [-0.2, -0.15) is 0 Å². The Kier molecular flexibility index (Phi) is 4.25. The number of amides is 1. The summed E-state index contributed by atoms with van der Waals surface area (Å²) < 4.78 is 16.3. The Bertz CT molecular complexity index is 953. The molecule has 0 spiro atoms. The molecule has 0 aliphatic heterocycles. The molecule has 1 N–H and O–H groups in total. The van der Waals surface area contributed by atoms with E-state index in [1.54, 1.807) is 18.2 Å². The average molecular weight is 375 g/mol. The number of carbonyl (C=O) groups is 1. The minimum Gasteiger partial charge on any atom is -0.335 e. The molecular formula is C17H12BrFN2O2. The van der Waals surface area contributed by atoms with Gasteiger partial charge < -0.3 is 9.88 Å². The van der Waals surface area contributed by atoms with Crippen molar-refractivity contribution in [2.75, 3.05) is 5.32 Å². The number of carbonyl (C=O) groups excluding carboxylic acids is 1. The van der Waals surface area contributed by atoms with Crippen molar-refractivity contribution < 1.29 is 9.18 Å². The molecule has 1 aromatic heterocycles. The Labute approximate surface area is 139 Å². The van der Waals surface area contributed by atoms with Crippen molar-refractivity contribution in [3.8, 4) is 0 Å². The van der Waals surface area contributed by atoms with Crippen LogP contribution in [-0.4, -0.2) is 10.5 Å². The van der Waals surface area contributed by atoms with Crippen LogP contribution in [0.4, 0.5) is 10.1 Å². The highest BCUT2D eigenvalue weighted by Crippen LogP contribution is 2.21. The molecule has 1 heterocycles. The maximum Gasteiger partial charge on any atom is 0.244 e. The van der Waals surface area contributed by atoms with Crippen molar-refractivity contribution in [2.24, 2.45) is 0 Å². The first-order valence-corrected chi connectivity index (χ1v) is 7.67. The molecule has 4 nitrogen and oxygen atoms in total. The Hall–Kier alpha value is -2.47. The third-order valence-corrected chi connectivity index (χ3v) is 4.10. The maximum atomic E-state index is 14.1. The molecule has 2 aromatic carbocycles. The molecule has 6 heteroatoms. The van der Waals surface area contributed by atoms with Gasteiger partial charge in [0.25, 0.3) is 0 Å². The van der Waals surface area contributed by atoms with E-state index in [4.69, 9.17) is 0 Å². The fourth-order valence-electron chi connectivity index (χ4n) is 2.37. The molecule has 1 amide bonds. The molecule has 3 rings (SSSR count). The number of nitrogens with one attached hydrogen (secondary N) is 1. The number of pyridine rings is 1. The van der Waals surface area contributed by atoms with Gasteiger partial charge in [0.2, 0.25) is 5.91 Å². The molecule has 0 unspecified atom stereocenters. The third-order valence-electron chi connectivity index (χ3n) is 3.41. The summed E-state index contributed by atoms with van der Waals surface area (Å²) in [5.74, 6) is -0.848. The lowest BCUT2D eigenvalue weighted by molar-refractivity contribution is -0.116. The molecular weight excluding hydrogens is 363 g/mol. The molecule has 0 saturated carbocycles.